The zero-order valence-electron chi connectivity index (χ0n) is 7.11. The fraction of sp³-hybridized carbons (Fsp3) is 1.00. The maximum absolute atomic E-state index is 5.52. The molecule has 1 aliphatic heterocycles. The molecule has 10 heavy (non-hydrogen) atoms. The molecule has 0 radical (unpaired) electrons. The Kier molecular flexibility index (Phi) is 3.74. The van der Waals surface area contributed by atoms with Crippen LogP contribution in [0.15, 0.2) is 0 Å². The summed E-state index contributed by atoms with van der Waals surface area (Å²) in [4.78, 5) is 0. The third-order valence-electron chi connectivity index (χ3n) is 1.90. The summed E-state index contributed by atoms with van der Waals surface area (Å²) >= 11 is 0. The Hall–Kier alpha value is 0.310. The maximum atomic E-state index is 5.52. The molecular weight excluding hydrogens is 144 g/mol. The van der Waals surface area contributed by atoms with Crippen LogP contribution in [0.5, 0.6) is 0 Å². The first kappa shape index (κ1) is 10.3. The molecule has 1 nitrogen and oxygen atoms in total. The van der Waals surface area contributed by atoms with Crippen molar-refractivity contribution in [3.8, 4) is 0 Å². The average molecular weight is 162 g/mol. The molecule has 1 saturated heterocycles. The summed E-state index contributed by atoms with van der Waals surface area (Å²) in [5.74, 6) is 0. The van der Waals surface area contributed by atoms with Crippen LogP contribution in [0.4, 0.5) is 0 Å². The van der Waals surface area contributed by atoms with E-state index in [1.165, 1.54) is 12.8 Å². The minimum absolute atomic E-state index is 0. The highest BCUT2D eigenvalue weighted by Crippen LogP contribution is 2.29. The van der Waals surface area contributed by atoms with Gasteiger partial charge in [0.05, 0.1) is 6.10 Å². The van der Waals surface area contributed by atoms with Crippen molar-refractivity contribution in [1.82, 2.24) is 0 Å². The molecule has 1 atom stereocenters. The Balaban J connectivity index is 0.000000810. The van der Waals surface area contributed by atoms with Crippen LogP contribution in [0.25, 0.3) is 0 Å². The molecule has 0 aromatic rings. The van der Waals surface area contributed by atoms with Gasteiger partial charge in [0.25, 0.3) is 0 Å². The van der Waals surface area contributed by atoms with E-state index < -0.39 is 0 Å². The highest BCUT2D eigenvalue weighted by Gasteiger charge is 2.27. The lowest BCUT2D eigenvalue weighted by atomic mass is 9.88. The first-order chi connectivity index (χ1) is 4.11. The molecule has 0 aromatic carbocycles. The van der Waals surface area contributed by atoms with Crippen LogP contribution in [0.1, 0.15) is 33.6 Å². The molecule has 0 aliphatic carbocycles. The van der Waals surface area contributed by atoms with E-state index in [4.69, 9.17) is 4.74 Å². The van der Waals surface area contributed by atoms with Crippen LogP contribution >= 0.6 is 13.5 Å². The van der Waals surface area contributed by atoms with Gasteiger partial charge in [-0.3, -0.25) is 0 Å². The smallest absolute Gasteiger partial charge is 0.0624 e. The van der Waals surface area contributed by atoms with Crippen molar-refractivity contribution in [2.24, 2.45) is 5.41 Å². The molecule has 0 bridgehead atoms. The number of hydrogen-bond donors (Lipinski definition) is 0. The number of rotatable bonds is 0. The summed E-state index contributed by atoms with van der Waals surface area (Å²) in [5.41, 5.74) is 0.358. The summed E-state index contributed by atoms with van der Waals surface area (Å²) in [5, 5.41) is 0. The molecule has 0 amide bonds. The summed E-state index contributed by atoms with van der Waals surface area (Å²) in [7, 11) is 0. The summed E-state index contributed by atoms with van der Waals surface area (Å²) in [6.07, 6.45) is 3.02. The SMILES string of the molecule is CC(C)(C)[C@@H]1CCCO1.S. The molecule has 1 fully saturated rings. The lowest BCUT2D eigenvalue weighted by Crippen LogP contribution is -2.24. The average Bonchev–Trinajstić information content (AvgIpc) is 2.08. The van der Waals surface area contributed by atoms with Crippen molar-refractivity contribution in [2.75, 3.05) is 6.61 Å². The minimum atomic E-state index is 0. The van der Waals surface area contributed by atoms with Crippen molar-refractivity contribution >= 4 is 13.5 Å². The largest absolute Gasteiger partial charge is 0.378 e. The fourth-order valence-electron chi connectivity index (χ4n) is 1.26. The van der Waals surface area contributed by atoms with Crippen molar-refractivity contribution in [2.45, 2.75) is 39.7 Å². The Bertz CT molecular complexity index is 89.9. The molecule has 1 rings (SSSR count). The van der Waals surface area contributed by atoms with Crippen molar-refractivity contribution in [1.29, 1.82) is 0 Å². The van der Waals surface area contributed by atoms with Gasteiger partial charge < -0.3 is 4.74 Å². The predicted molar refractivity (Wildman–Crippen MR) is 48.8 cm³/mol. The topological polar surface area (TPSA) is 9.23 Å². The zero-order chi connectivity index (χ0) is 6.91. The monoisotopic (exact) mass is 162 g/mol. The first-order valence-corrected chi connectivity index (χ1v) is 3.72. The zero-order valence-corrected chi connectivity index (χ0v) is 8.11. The van der Waals surface area contributed by atoms with E-state index >= 15 is 0 Å². The van der Waals surface area contributed by atoms with Crippen molar-refractivity contribution in [3.05, 3.63) is 0 Å². The van der Waals surface area contributed by atoms with E-state index in [1.807, 2.05) is 0 Å². The van der Waals surface area contributed by atoms with Gasteiger partial charge in [-0.2, -0.15) is 13.5 Å². The van der Waals surface area contributed by atoms with E-state index in [0.717, 1.165) is 6.61 Å². The van der Waals surface area contributed by atoms with Crippen molar-refractivity contribution in [3.63, 3.8) is 0 Å². The number of hydrogen-bond acceptors (Lipinski definition) is 1. The van der Waals surface area contributed by atoms with Gasteiger partial charge >= 0.3 is 0 Å². The molecule has 2 heteroatoms. The Morgan fingerprint density at radius 1 is 1.30 bits per heavy atom. The second-order valence-corrected chi connectivity index (χ2v) is 3.87. The van der Waals surface area contributed by atoms with Gasteiger partial charge in [0.2, 0.25) is 0 Å². The second kappa shape index (κ2) is 3.63. The lowest BCUT2D eigenvalue weighted by molar-refractivity contribution is 0.0290. The van der Waals surface area contributed by atoms with E-state index in [-0.39, 0.29) is 13.5 Å². The molecule has 1 aliphatic rings. The molecule has 62 valence electrons. The van der Waals surface area contributed by atoms with Gasteiger partial charge in [0.1, 0.15) is 0 Å². The highest BCUT2D eigenvalue weighted by atomic mass is 32.1. The van der Waals surface area contributed by atoms with Crippen LogP contribution in [-0.4, -0.2) is 12.7 Å². The van der Waals surface area contributed by atoms with Crippen molar-refractivity contribution < 1.29 is 4.74 Å². The van der Waals surface area contributed by atoms with Gasteiger partial charge in [-0.05, 0) is 18.3 Å². The van der Waals surface area contributed by atoms with E-state index in [1.54, 1.807) is 0 Å². The standard InChI is InChI=1S/C8H16O.H2S/c1-8(2,3)7-5-4-6-9-7;/h7H,4-6H2,1-3H3;1H2/t7-;/m0./s1. The van der Waals surface area contributed by atoms with Gasteiger partial charge in [0.15, 0.2) is 0 Å². The summed E-state index contributed by atoms with van der Waals surface area (Å²) < 4.78 is 5.52. The number of ether oxygens (including phenoxy) is 1. The normalized spacial score (nSPS) is 26.1. The third-order valence-corrected chi connectivity index (χ3v) is 1.90. The van der Waals surface area contributed by atoms with Gasteiger partial charge in [-0.1, -0.05) is 20.8 Å². The highest BCUT2D eigenvalue weighted by molar-refractivity contribution is 7.59. The predicted octanol–water partition coefficient (Wildman–Crippen LogP) is 2.32. The van der Waals surface area contributed by atoms with Crippen LogP contribution in [0.3, 0.4) is 0 Å². The minimum Gasteiger partial charge on any atom is -0.378 e. The molecule has 0 unspecified atom stereocenters. The maximum Gasteiger partial charge on any atom is 0.0624 e. The Morgan fingerprint density at radius 2 is 1.90 bits per heavy atom. The third kappa shape index (κ3) is 2.51. The fourth-order valence-corrected chi connectivity index (χ4v) is 1.26. The van der Waals surface area contributed by atoms with Gasteiger partial charge in [-0.15, -0.1) is 0 Å². The molecule has 0 aromatic heterocycles. The lowest BCUT2D eigenvalue weighted by Gasteiger charge is -2.25. The van der Waals surface area contributed by atoms with Gasteiger partial charge in [-0.25, -0.2) is 0 Å². The molecule has 0 spiro atoms. The van der Waals surface area contributed by atoms with E-state index in [2.05, 4.69) is 20.8 Å². The summed E-state index contributed by atoms with van der Waals surface area (Å²) in [6, 6.07) is 0. The first-order valence-electron chi connectivity index (χ1n) is 3.72. The molecule has 0 N–H and O–H groups in total. The van der Waals surface area contributed by atoms with Crippen LogP contribution < -0.4 is 0 Å². The van der Waals surface area contributed by atoms with Gasteiger partial charge in [0, 0.05) is 6.61 Å². The quantitative estimate of drug-likeness (QED) is 0.531. The van der Waals surface area contributed by atoms with E-state index in [0.29, 0.717) is 11.5 Å². The molecule has 1 heterocycles. The Labute approximate surface area is 70.6 Å². The second-order valence-electron chi connectivity index (χ2n) is 3.87. The van der Waals surface area contributed by atoms with E-state index in [9.17, 15) is 0 Å². The van der Waals surface area contributed by atoms with Crippen LogP contribution in [0, 0.1) is 5.41 Å². The van der Waals surface area contributed by atoms with Crippen LogP contribution in [0.2, 0.25) is 0 Å². The summed E-state index contributed by atoms with van der Waals surface area (Å²) in [6.45, 7) is 7.69. The molecule has 0 saturated carbocycles. The Morgan fingerprint density at radius 3 is 2.10 bits per heavy atom. The van der Waals surface area contributed by atoms with Crippen LogP contribution in [-0.2, 0) is 4.74 Å². The molecular formula is C8H18OS.